The van der Waals surface area contributed by atoms with Crippen LogP contribution in [0.25, 0.3) is 0 Å². The Kier molecular flexibility index (Phi) is 6.02. The van der Waals surface area contributed by atoms with Crippen LogP contribution in [0.3, 0.4) is 0 Å². The molecule has 0 aromatic carbocycles. The summed E-state index contributed by atoms with van der Waals surface area (Å²) in [5.41, 5.74) is 5.65. The fraction of sp³-hybridized carbons (Fsp3) is 0.727. The Balaban J connectivity index is 2.61. The van der Waals surface area contributed by atoms with Gasteiger partial charge in [-0.3, -0.25) is 0 Å². The molecule has 0 aliphatic rings. The van der Waals surface area contributed by atoms with E-state index in [1.165, 1.54) is 0 Å². The Morgan fingerprint density at radius 2 is 2.05 bits per heavy atom. The van der Waals surface area contributed by atoms with Crippen molar-refractivity contribution in [3.05, 3.63) is 0 Å². The maximum atomic E-state index is 11.9. The van der Waals surface area contributed by atoms with Gasteiger partial charge in [0.25, 0.3) is 0 Å². The fourth-order valence-corrected chi connectivity index (χ4v) is 3.80. The Labute approximate surface area is 119 Å². The highest BCUT2D eigenvalue weighted by molar-refractivity contribution is 7.91. The van der Waals surface area contributed by atoms with Crippen LogP contribution in [0.2, 0.25) is 0 Å². The number of rotatable bonds is 8. The van der Waals surface area contributed by atoms with Gasteiger partial charge in [-0.1, -0.05) is 6.92 Å². The molecule has 1 rings (SSSR count). The molecule has 0 spiro atoms. The van der Waals surface area contributed by atoms with Crippen molar-refractivity contribution >= 4 is 32.2 Å². The van der Waals surface area contributed by atoms with Crippen LogP contribution in [0.15, 0.2) is 4.90 Å². The molecule has 8 heteroatoms. The van der Waals surface area contributed by atoms with E-state index in [0.717, 1.165) is 37.5 Å². The average Bonchev–Trinajstić information content (AvgIpc) is 2.70. The molecule has 19 heavy (non-hydrogen) atoms. The second-order valence-electron chi connectivity index (χ2n) is 4.57. The Morgan fingerprint density at radius 3 is 2.63 bits per heavy atom. The number of hydrogen-bond acceptors (Lipinski definition) is 7. The summed E-state index contributed by atoms with van der Waals surface area (Å²) in [6.07, 6.45) is 2.03. The molecule has 0 bridgehead atoms. The number of unbranched alkanes of at least 4 members (excludes halogenated alkanes) is 1. The Morgan fingerprint density at radius 1 is 1.37 bits per heavy atom. The molecule has 0 radical (unpaired) electrons. The summed E-state index contributed by atoms with van der Waals surface area (Å²) in [6, 6.07) is 0. The SMILES string of the molecule is CCS(=O)(=O)c1c(N)nsc1NCCCCN(C)C. The van der Waals surface area contributed by atoms with E-state index < -0.39 is 9.84 Å². The van der Waals surface area contributed by atoms with Crippen LogP contribution < -0.4 is 11.1 Å². The van der Waals surface area contributed by atoms with E-state index >= 15 is 0 Å². The lowest BCUT2D eigenvalue weighted by atomic mass is 10.3. The van der Waals surface area contributed by atoms with Crippen molar-refractivity contribution in [3.63, 3.8) is 0 Å². The van der Waals surface area contributed by atoms with Crippen LogP contribution in [0.1, 0.15) is 19.8 Å². The number of nitrogens with zero attached hydrogens (tertiary/aromatic N) is 2. The zero-order valence-corrected chi connectivity index (χ0v) is 13.3. The minimum atomic E-state index is -3.32. The molecule has 110 valence electrons. The summed E-state index contributed by atoms with van der Waals surface area (Å²) in [5.74, 6) is 0.132. The first-order valence-corrected chi connectivity index (χ1v) is 8.67. The first-order valence-electron chi connectivity index (χ1n) is 6.25. The van der Waals surface area contributed by atoms with Gasteiger partial charge < -0.3 is 16.0 Å². The van der Waals surface area contributed by atoms with Gasteiger partial charge in [-0.15, -0.1) is 0 Å². The number of nitrogens with two attached hydrogens (primary N) is 1. The van der Waals surface area contributed by atoms with Gasteiger partial charge in [-0.05, 0) is 45.0 Å². The first-order chi connectivity index (χ1) is 8.88. The highest BCUT2D eigenvalue weighted by Crippen LogP contribution is 2.32. The van der Waals surface area contributed by atoms with Crippen LogP contribution >= 0.6 is 11.5 Å². The number of anilines is 2. The molecule has 1 heterocycles. The lowest BCUT2D eigenvalue weighted by molar-refractivity contribution is 0.396. The lowest BCUT2D eigenvalue weighted by Gasteiger charge is -2.10. The smallest absolute Gasteiger partial charge is 0.184 e. The molecular formula is C11H22N4O2S2. The van der Waals surface area contributed by atoms with Gasteiger partial charge in [-0.2, -0.15) is 4.37 Å². The first kappa shape index (κ1) is 16.2. The van der Waals surface area contributed by atoms with Crippen molar-refractivity contribution in [2.45, 2.75) is 24.7 Å². The van der Waals surface area contributed by atoms with Crippen molar-refractivity contribution in [2.75, 3.05) is 44.0 Å². The molecule has 0 aliphatic carbocycles. The van der Waals surface area contributed by atoms with E-state index in [-0.39, 0.29) is 16.5 Å². The molecule has 0 unspecified atom stereocenters. The van der Waals surface area contributed by atoms with Gasteiger partial charge in [0.05, 0.1) is 5.75 Å². The summed E-state index contributed by atoms with van der Waals surface area (Å²) >= 11 is 1.11. The van der Waals surface area contributed by atoms with Gasteiger partial charge >= 0.3 is 0 Å². The van der Waals surface area contributed by atoms with E-state index in [0.29, 0.717) is 5.00 Å². The molecule has 0 fully saturated rings. The fourth-order valence-electron chi connectivity index (χ4n) is 1.61. The topological polar surface area (TPSA) is 88.3 Å². The summed E-state index contributed by atoms with van der Waals surface area (Å²) in [6.45, 7) is 3.35. The second-order valence-corrected chi connectivity index (χ2v) is 7.56. The molecule has 0 saturated heterocycles. The van der Waals surface area contributed by atoms with Crippen molar-refractivity contribution in [3.8, 4) is 0 Å². The van der Waals surface area contributed by atoms with Gasteiger partial charge in [0, 0.05) is 6.54 Å². The van der Waals surface area contributed by atoms with Gasteiger partial charge in [-0.25, -0.2) is 8.42 Å². The van der Waals surface area contributed by atoms with E-state index in [4.69, 9.17) is 5.73 Å². The van der Waals surface area contributed by atoms with E-state index in [9.17, 15) is 8.42 Å². The number of hydrogen-bond donors (Lipinski definition) is 2. The van der Waals surface area contributed by atoms with E-state index in [1.54, 1.807) is 6.92 Å². The highest BCUT2D eigenvalue weighted by Gasteiger charge is 2.23. The molecule has 3 N–H and O–H groups in total. The number of aromatic nitrogens is 1. The van der Waals surface area contributed by atoms with Crippen LogP contribution in [-0.2, 0) is 9.84 Å². The number of nitrogen functional groups attached to an aromatic ring is 1. The second kappa shape index (κ2) is 7.06. The quantitative estimate of drug-likeness (QED) is 0.703. The lowest BCUT2D eigenvalue weighted by Crippen LogP contribution is -2.14. The van der Waals surface area contributed by atoms with Crippen molar-refractivity contribution in [1.82, 2.24) is 9.27 Å². The van der Waals surface area contributed by atoms with Crippen LogP contribution in [0.5, 0.6) is 0 Å². The molecule has 0 amide bonds. The van der Waals surface area contributed by atoms with Crippen molar-refractivity contribution in [1.29, 1.82) is 0 Å². The van der Waals surface area contributed by atoms with Crippen LogP contribution in [0.4, 0.5) is 10.8 Å². The predicted molar refractivity (Wildman–Crippen MR) is 80.5 cm³/mol. The molecule has 0 aliphatic heterocycles. The summed E-state index contributed by atoms with van der Waals surface area (Å²) in [5, 5.41) is 3.69. The summed E-state index contributed by atoms with van der Waals surface area (Å²) in [7, 11) is 0.742. The average molecular weight is 306 g/mol. The molecule has 0 atom stereocenters. The molecule has 6 nitrogen and oxygen atoms in total. The van der Waals surface area contributed by atoms with Crippen molar-refractivity contribution < 1.29 is 8.42 Å². The minimum Gasteiger partial charge on any atom is -0.382 e. The maximum absolute atomic E-state index is 11.9. The highest BCUT2D eigenvalue weighted by atomic mass is 32.2. The van der Waals surface area contributed by atoms with Crippen LogP contribution in [0, 0.1) is 0 Å². The van der Waals surface area contributed by atoms with E-state index in [2.05, 4.69) is 14.6 Å². The van der Waals surface area contributed by atoms with Crippen molar-refractivity contribution in [2.24, 2.45) is 0 Å². The Bertz CT molecular complexity index is 497. The largest absolute Gasteiger partial charge is 0.382 e. The molecule has 0 saturated carbocycles. The van der Waals surface area contributed by atoms with Gasteiger partial charge in [0.15, 0.2) is 15.7 Å². The van der Waals surface area contributed by atoms with E-state index in [1.807, 2.05) is 14.1 Å². The maximum Gasteiger partial charge on any atom is 0.184 e. The third-order valence-electron chi connectivity index (χ3n) is 2.68. The predicted octanol–water partition coefficient (Wildman–Crippen LogP) is 1.27. The zero-order valence-electron chi connectivity index (χ0n) is 11.6. The monoisotopic (exact) mass is 306 g/mol. The molecule has 1 aromatic rings. The third kappa shape index (κ3) is 4.63. The summed E-state index contributed by atoms with van der Waals surface area (Å²) in [4.78, 5) is 2.28. The van der Waals surface area contributed by atoms with Crippen LogP contribution in [-0.4, -0.2) is 50.6 Å². The van der Waals surface area contributed by atoms with Gasteiger partial charge in [0.1, 0.15) is 9.90 Å². The standard InChI is InChI=1S/C11H22N4O2S2/c1-4-19(16,17)9-10(12)14-18-11(9)13-7-5-6-8-15(2)3/h13H,4-8H2,1-3H3,(H2,12,14). The third-order valence-corrected chi connectivity index (χ3v) is 5.43. The number of sulfone groups is 1. The molecular weight excluding hydrogens is 284 g/mol. The molecule has 1 aromatic heterocycles. The Hall–Kier alpha value is -0.860. The number of nitrogens with one attached hydrogen (secondary N) is 1. The zero-order chi connectivity index (χ0) is 14.5. The van der Waals surface area contributed by atoms with Gasteiger partial charge in [0.2, 0.25) is 0 Å². The minimum absolute atomic E-state index is 0.0327. The summed E-state index contributed by atoms with van der Waals surface area (Å²) < 4.78 is 27.8. The normalized spacial score (nSPS) is 12.0.